The molecule has 1 saturated heterocycles. The molecule has 3 heteroatoms. The molecule has 0 radical (unpaired) electrons. The van der Waals surface area contributed by atoms with Crippen LogP contribution < -0.4 is 10.5 Å². The van der Waals surface area contributed by atoms with Gasteiger partial charge in [-0.1, -0.05) is 26.0 Å². The van der Waals surface area contributed by atoms with Crippen molar-refractivity contribution in [1.82, 2.24) is 4.90 Å². The predicted octanol–water partition coefficient (Wildman–Crippen LogP) is 3.21. The van der Waals surface area contributed by atoms with E-state index in [1.807, 2.05) is 18.2 Å². The van der Waals surface area contributed by atoms with Crippen molar-refractivity contribution >= 4 is 0 Å². The smallest absolute Gasteiger partial charge is 0.119 e. The molecule has 1 heterocycles. The van der Waals surface area contributed by atoms with Gasteiger partial charge >= 0.3 is 0 Å². The number of hydrogen-bond acceptors (Lipinski definition) is 3. The largest absolute Gasteiger partial charge is 0.497 e. The van der Waals surface area contributed by atoms with Crippen molar-refractivity contribution in [3.63, 3.8) is 0 Å². The van der Waals surface area contributed by atoms with Crippen molar-refractivity contribution < 1.29 is 4.74 Å². The average Bonchev–Trinajstić information content (AvgIpc) is 2.60. The van der Waals surface area contributed by atoms with E-state index >= 15 is 0 Å². The first-order valence-corrected chi connectivity index (χ1v) is 7.62. The maximum Gasteiger partial charge on any atom is 0.119 e. The molecule has 0 aromatic heterocycles. The summed E-state index contributed by atoms with van der Waals surface area (Å²) in [5.41, 5.74) is 8.01. The highest BCUT2D eigenvalue weighted by molar-refractivity contribution is 5.30. The first-order chi connectivity index (χ1) is 9.50. The molecule has 20 heavy (non-hydrogen) atoms. The Bertz CT molecular complexity index is 431. The van der Waals surface area contributed by atoms with Crippen molar-refractivity contribution in [3.8, 4) is 5.75 Å². The Labute approximate surface area is 123 Å². The summed E-state index contributed by atoms with van der Waals surface area (Å²) in [4.78, 5) is 2.51. The molecule has 0 aliphatic carbocycles. The topological polar surface area (TPSA) is 38.5 Å². The van der Waals surface area contributed by atoms with E-state index in [9.17, 15) is 0 Å². The second-order valence-corrected chi connectivity index (χ2v) is 6.70. The van der Waals surface area contributed by atoms with Crippen LogP contribution in [-0.4, -0.2) is 31.6 Å². The summed E-state index contributed by atoms with van der Waals surface area (Å²) in [6.07, 6.45) is 3.85. The molecule has 0 saturated carbocycles. The number of benzene rings is 1. The van der Waals surface area contributed by atoms with Crippen LogP contribution in [0.15, 0.2) is 24.3 Å². The Morgan fingerprint density at radius 1 is 1.30 bits per heavy atom. The van der Waals surface area contributed by atoms with E-state index < -0.39 is 0 Å². The van der Waals surface area contributed by atoms with E-state index in [0.29, 0.717) is 5.41 Å². The van der Waals surface area contributed by atoms with Gasteiger partial charge in [-0.25, -0.2) is 0 Å². The Balaban J connectivity index is 1.95. The highest BCUT2D eigenvalue weighted by atomic mass is 16.5. The average molecular weight is 276 g/mol. The minimum atomic E-state index is 0.0614. The van der Waals surface area contributed by atoms with E-state index in [0.717, 1.165) is 24.4 Å². The van der Waals surface area contributed by atoms with Gasteiger partial charge in [0.15, 0.2) is 0 Å². The molecule has 112 valence electrons. The monoisotopic (exact) mass is 276 g/mol. The molecule has 1 aromatic rings. The lowest BCUT2D eigenvalue weighted by Crippen LogP contribution is -2.33. The molecule has 1 aliphatic rings. The summed E-state index contributed by atoms with van der Waals surface area (Å²) >= 11 is 0. The van der Waals surface area contributed by atoms with E-state index in [2.05, 4.69) is 24.8 Å². The number of nitrogens with two attached hydrogens (primary N) is 1. The summed E-state index contributed by atoms with van der Waals surface area (Å²) in [5, 5.41) is 0. The summed E-state index contributed by atoms with van der Waals surface area (Å²) in [6.45, 7) is 8.01. The van der Waals surface area contributed by atoms with E-state index in [-0.39, 0.29) is 6.04 Å². The van der Waals surface area contributed by atoms with Crippen LogP contribution in [0.2, 0.25) is 0 Å². The molecule has 0 spiro atoms. The Hall–Kier alpha value is -1.06. The third kappa shape index (κ3) is 4.22. The van der Waals surface area contributed by atoms with Crippen molar-refractivity contribution in [2.75, 3.05) is 26.7 Å². The summed E-state index contributed by atoms with van der Waals surface area (Å²) < 4.78 is 5.27. The number of methoxy groups -OCH3 is 1. The number of ether oxygens (including phenoxy) is 1. The van der Waals surface area contributed by atoms with Gasteiger partial charge in [0.1, 0.15) is 5.75 Å². The fourth-order valence-electron chi connectivity index (χ4n) is 2.92. The fraction of sp³-hybridized carbons (Fsp3) is 0.647. The van der Waals surface area contributed by atoms with Gasteiger partial charge in [0.05, 0.1) is 7.11 Å². The first-order valence-electron chi connectivity index (χ1n) is 7.62. The van der Waals surface area contributed by atoms with Crippen LogP contribution in [-0.2, 0) is 0 Å². The van der Waals surface area contributed by atoms with Gasteiger partial charge in [-0.3, -0.25) is 0 Å². The molecule has 2 N–H and O–H groups in total. The Morgan fingerprint density at radius 3 is 2.85 bits per heavy atom. The van der Waals surface area contributed by atoms with Gasteiger partial charge in [-0.2, -0.15) is 0 Å². The number of nitrogens with zero attached hydrogens (tertiary/aromatic N) is 1. The van der Waals surface area contributed by atoms with Gasteiger partial charge in [0, 0.05) is 12.6 Å². The van der Waals surface area contributed by atoms with Crippen LogP contribution in [0.3, 0.4) is 0 Å². The summed E-state index contributed by atoms with van der Waals surface area (Å²) in [7, 11) is 1.70. The van der Waals surface area contributed by atoms with Gasteiger partial charge < -0.3 is 15.4 Å². The van der Waals surface area contributed by atoms with Crippen LogP contribution in [0.5, 0.6) is 5.75 Å². The molecular formula is C17H28N2O. The minimum Gasteiger partial charge on any atom is -0.497 e. The second-order valence-electron chi connectivity index (χ2n) is 6.70. The molecule has 1 aromatic carbocycles. The quantitative estimate of drug-likeness (QED) is 0.917. The highest BCUT2D eigenvalue weighted by Crippen LogP contribution is 2.30. The molecule has 2 rings (SSSR count). The molecule has 1 unspecified atom stereocenters. The van der Waals surface area contributed by atoms with E-state index in [1.165, 1.54) is 25.8 Å². The number of rotatable bonds is 4. The number of hydrogen-bond donors (Lipinski definition) is 1. The van der Waals surface area contributed by atoms with Crippen LogP contribution >= 0.6 is 0 Å². The van der Waals surface area contributed by atoms with Crippen LogP contribution in [0.4, 0.5) is 0 Å². The maximum atomic E-state index is 6.37. The zero-order valence-electron chi connectivity index (χ0n) is 13.1. The zero-order chi connectivity index (χ0) is 14.6. The van der Waals surface area contributed by atoms with Gasteiger partial charge in [0.25, 0.3) is 0 Å². The molecule has 0 amide bonds. The SMILES string of the molecule is COc1cccc(C(N)CN2CCCC(C)(C)CC2)c1. The Morgan fingerprint density at radius 2 is 2.10 bits per heavy atom. The van der Waals surface area contributed by atoms with Gasteiger partial charge in [-0.05, 0) is 55.5 Å². The standard InChI is InChI=1S/C17H28N2O/c1-17(2)8-5-10-19(11-9-17)13-16(18)14-6-4-7-15(12-14)20-3/h4,6-7,12,16H,5,8-11,13,18H2,1-3H3. The second kappa shape index (κ2) is 6.59. The molecule has 1 atom stereocenters. The van der Waals surface area contributed by atoms with Crippen LogP contribution in [0.25, 0.3) is 0 Å². The lowest BCUT2D eigenvalue weighted by atomic mass is 9.85. The Kier molecular flexibility index (Phi) is 5.06. The minimum absolute atomic E-state index is 0.0614. The van der Waals surface area contributed by atoms with Crippen molar-refractivity contribution in [2.24, 2.45) is 11.1 Å². The lowest BCUT2D eigenvalue weighted by Gasteiger charge is -2.25. The summed E-state index contributed by atoms with van der Waals surface area (Å²) in [6, 6.07) is 8.18. The first kappa shape index (κ1) is 15.3. The molecule has 0 bridgehead atoms. The van der Waals surface area contributed by atoms with Gasteiger partial charge in [-0.15, -0.1) is 0 Å². The third-order valence-electron chi connectivity index (χ3n) is 4.41. The van der Waals surface area contributed by atoms with Crippen molar-refractivity contribution in [3.05, 3.63) is 29.8 Å². The molecule has 3 nitrogen and oxygen atoms in total. The molecule has 1 fully saturated rings. The van der Waals surface area contributed by atoms with Crippen molar-refractivity contribution in [1.29, 1.82) is 0 Å². The van der Waals surface area contributed by atoms with Crippen molar-refractivity contribution in [2.45, 2.75) is 39.2 Å². The van der Waals surface area contributed by atoms with Gasteiger partial charge in [0.2, 0.25) is 0 Å². The third-order valence-corrected chi connectivity index (χ3v) is 4.41. The molecular weight excluding hydrogens is 248 g/mol. The summed E-state index contributed by atoms with van der Waals surface area (Å²) in [5.74, 6) is 0.884. The lowest BCUT2D eigenvalue weighted by molar-refractivity contribution is 0.250. The fourth-order valence-corrected chi connectivity index (χ4v) is 2.92. The van der Waals surface area contributed by atoms with E-state index in [4.69, 9.17) is 10.5 Å². The zero-order valence-corrected chi connectivity index (χ0v) is 13.1. The normalized spacial score (nSPS) is 21.2. The van der Waals surface area contributed by atoms with Crippen LogP contribution in [0, 0.1) is 5.41 Å². The molecule has 1 aliphatic heterocycles. The van der Waals surface area contributed by atoms with E-state index in [1.54, 1.807) is 7.11 Å². The number of likely N-dealkylation sites (tertiary alicyclic amines) is 1. The predicted molar refractivity (Wildman–Crippen MR) is 84.0 cm³/mol. The highest BCUT2D eigenvalue weighted by Gasteiger charge is 2.24. The van der Waals surface area contributed by atoms with Crippen LogP contribution in [0.1, 0.15) is 44.7 Å². The maximum absolute atomic E-state index is 6.37.